The van der Waals surface area contributed by atoms with Crippen molar-refractivity contribution in [3.05, 3.63) is 11.6 Å². The first-order chi connectivity index (χ1) is 8.21. The topological polar surface area (TPSA) is 91.0 Å². The number of nitrogens with one attached hydrogen (secondary N) is 2. The van der Waals surface area contributed by atoms with Crippen LogP contribution in [0.4, 0.5) is 0 Å². The van der Waals surface area contributed by atoms with E-state index in [1.54, 1.807) is 14.1 Å². The van der Waals surface area contributed by atoms with Crippen LogP contribution in [0.2, 0.25) is 0 Å². The van der Waals surface area contributed by atoms with Gasteiger partial charge in [0.1, 0.15) is 5.82 Å². The minimum Gasteiger partial charge on any atom is -0.347 e. The maximum absolute atomic E-state index is 11.7. The molecule has 1 rings (SSSR count). The third kappa shape index (κ3) is 3.54. The summed E-state index contributed by atoms with van der Waals surface area (Å²) in [7, 11) is 3.25. The highest BCUT2D eigenvalue weighted by Crippen LogP contribution is 2.17. The van der Waals surface area contributed by atoms with Gasteiger partial charge in [0, 0.05) is 19.5 Å². The van der Waals surface area contributed by atoms with Crippen LogP contribution in [0.5, 0.6) is 0 Å². The molecular weight excluding hydrogens is 234 g/mol. The van der Waals surface area contributed by atoms with Crippen LogP contribution in [0.15, 0.2) is 0 Å². The Bertz CT molecular complexity index is 445. The maximum Gasteiger partial charge on any atom is 0.291 e. The smallest absolute Gasteiger partial charge is 0.291 e. The summed E-state index contributed by atoms with van der Waals surface area (Å²) >= 11 is 0. The van der Waals surface area contributed by atoms with Gasteiger partial charge in [-0.25, -0.2) is 4.98 Å². The van der Waals surface area contributed by atoms with Gasteiger partial charge in [-0.1, -0.05) is 20.8 Å². The number of hydrogen-bond donors (Lipinski definition) is 2. The van der Waals surface area contributed by atoms with Gasteiger partial charge in [0.2, 0.25) is 11.7 Å². The van der Waals surface area contributed by atoms with Crippen molar-refractivity contribution in [3.63, 3.8) is 0 Å². The number of nitrogens with zero attached hydrogens (tertiary/aromatic N) is 3. The maximum atomic E-state index is 11.7. The van der Waals surface area contributed by atoms with Crippen molar-refractivity contribution in [3.8, 4) is 0 Å². The van der Waals surface area contributed by atoms with Crippen LogP contribution in [0.1, 0.15) is 37.2 Å². The third-order valence-corrected chi connectivity index (χ3v) is 2.30. The van der Waals surface area contributed by atoms with Crippen LogP contribution < -0.4 is 5.32 Å². The number of carbonyl (C=O) groups is 2. The Morgan fingerprint density at radius 2 is 1.94 bits per heavy atom. The van der Waals surface area contributed by atoms with Gasteiger partial charge in [0.15, 0.2) is 0 Å². The Morgan fingerprint density at radius 3 is 2.39 bits per heavy atom. The number of rotatable bonds is 3. The largest absolute Gasteiger partial charge is 0.347 e. The van der Waals surface area contributed by atoms with Crippen molar-refractivity contribution in [2.75, 3.05) is 20.6 Å². The first-order valence-corrected chi connectivity index (χ1v) is 5.63. The highest BCUT2D eigenvalue weighted by molar-refractivity contribution is 5.93. The van der Waals surface area contributed by atoms with Crippen molar-refractivity contribution in [2.45, 2.75) is 26.2 Å². The van der Waals surface area contributed by atoms with Gasteiger partial charge in [-0.05, 0) is 0 Å². The van der Waals surface area contributed by atoms with E-state index in [2.05, 4.69) is 20.5 Å². The first kappa shape index (κ1) is 14.1. The summed E-state index contributed by atoms with van der Waals surface area (Å²) in [6.45, 7) is 5.82. The second-order valence-electron chi connectivity index (χ2n) is 5.23. The molecule has 0 bridgehead atoms. The average molecular weight is 253 g/mol. The monoisotopic (exact) mass is 253 g/mol. The van der Waals surface area contributed by atoms with E-state index in [1.807, 2.05) is 20.8 Å². The first-order valence-electron chi connectivity index (χ1n) is 5.63. The number of amides is 2. The Kier molecular flexibility index (Phi) is 4.05. The predicted octanol–water partition coefficient (Wildman–Crippen LogP) is -0.0798. The zero-order valence-corrected chi connectivity index (χ0v) is 11.4. The van der Waals surface area contributed by atoms with E-state index < -0.39 is 5.91 Å². The molecule has 2 N–H and O–H groups in total. The molecule has 7 nitrogen and oxygen atoms in total. The van der Waals surface area contributed by atoms with Crippen LogP contribution in [0.3, 0.4) is 0 Å². The van der Waals surface area contributed by atoms with Crippen molar-refractivity contribution in [1.82, 2.24) is 25.4 Å². The van der Waals surface area contributed by atoms with E-state index in [4.69, 9.17) is 0 Å². The zero-order chi connectivity index (χ0) is 13.9. The molecule has 2 amide bonds. The quantitative estimate of drug-likeness (QED) is 0.788. The summed E-state index contributed by atoms with van der Waals surface area (Å²) in [5.74, 6) is 0.0324. The molecule has 0 aliphatic heterocycles. The molecule has 0 fully saturated rings. The Morgan fingerprint density at radius 1 is 1.33 bits per heavy atom. The highest BCUT2D eigenvalue weighted by Gasteiger charge is 2.21. The van der Waals surface area contributed by atoms with E-state index in [0.717, 1.165) is 0 Å². The van der Waals surface area contributed by atoms with Crippen molar-refractivity contribution >= 4 is 11.8 Å². The molecular formula is C11H19N5O2. The van der Waals surface area contributed by atoms with Gasteiger partial charge in [-0.15, -0.1) is 5.10 Å². The summed E-state index contributed by atoms with van der Waals surface area (Å²) < 4.78 is 0. The fourth-order valence-corrected chi connectivity index (χ4v) is 1.09. The molecule has 0 saturated carbocycles. The number of aromatic nitrogens is 3. The Labute approximate surface area is 106 Å². The van der Waals surface area contributed by atoms with Gasteiger partial charge in [0.05, 0.1) is 6.54 Å². The normalized spacial score (nSPS) is 11.2. The van der Waals surface area contributed by atoms with Crippen LogP contribution in [0.25, 0.3) is 0 Å². The van der Waals surface area contributed by atoms with Crippen molar-refractivity contribution < 1.29 is 9.59 Å². The third-order valence-electron chi connectivity index (χ3n) is 2.30. The lowest BCUT2D eigenvalue weighted by Crippen LogP contribution is -2.36. The van der Waals surface area contributed by atoms with E-state index in [9.17, 15) is 9.59 Å². The predicted molar refractivity (Wildman–Crippen MR) is 66.1 cm³/mol. The van der Waals surface area contributed by atoms with Crippen molar-refractivity contribution in [1.29, 1.82) is 0 Å². The van der Waals surface area contributed by atoms with E-state index >= 15 is 0 Å². The number of H-pyrrole nitrogens is 1. The summed E-state index contributed by atoms with van der Waals surface area (Å²) in [6.07, 6.45) is 0. The van der Waals surface area contributed by atoms with Crippen LogP contribution in [-0.2, 0) is 10.2 Å². The molecule has 0 aliphatic carbocycles. The van der Waals surface area contributed by atoms with Gasteiger partial charge in [-0.2, -0.15) is 0 Å². The minimum absolute atomic E-state index is 0.0477. The van der Waals surface area contributed by atoms with Crippen LogP contribution in [0, 0.1) is 0 Å². The standard InChI is InChI=1S/C11H19N5O2/c1-11(2,3)10-13-8(14-15-10)9(18)12-6-7(17)16(4)5/h6H2,1-5H3,(H,12,18)(H,13,14,15). The van der Waals surface area contributed by atoms with Crippen molar-refractivity contribution in [2.24, 2.45) is 0 Å². The average Bonchev–Trinajstić information content (AvgIpc) is 2.73. The summed E-state index contributed by atoms with van der Waals surface area (Å²) in [6, 6.07) is 0. The van der Waals surface area contributed by atoms with Gasteiger partial charge in [0.25, 0.3) is 5.91 Å². The molecule has 0 atom stereocenters. The molecule has 18 heavy (non-hydrogen) atoms. The molecule has 0 radical (unpaired) electrons. The summed E-state index contributed by atoms with van der Waals surface area (Å²) in [5.41, 5.74) is -0.203. The minimum atomic E-state index is -0.461. The summed E-state index contributed by atoms with van der Waals surface area (Å²) in [4.78, 5) is 28.5. The highest BCUT2D eigenvalue weighted by atomic mass is 16.2. The fraction of sp³-hybridized carbons (Fsp3) is 0.636. The van der Waals surface area contributed by atoms with Gasteiger partial charge >= 0.3 is 0 Å². The summed E-state index contributed by atoms with van der Waals surface area (Å²) in [5, 5.41) is 9.02. The molecule has 0 unspecified atom stereocenters. The number of likely N-dealkylation sites (N-methyl/N-ethyl adjacent to an activating group) is 1. The van der Waals surface area contributed by atoms with E-state index in [1.165, 1.54) is 4.90 Å². The second-order valence-corrected chi connectivity index (χ2v) is 5.23. The molecule has 1 aromatic heterocycles. The molecule has 0 aromatic carbocycles. The molecule has 1 heterocycles. The Balaban J connectivity index is 2.63. The molecule has 7 heteroatoms. The molecule has 0 saturated heterocycles. The Hall–Kier alpha value is -1.92. The number of carbonyl (C=O) groups excluding carboxylic acids is 2. The fourth-order valence-electron chi connectivity index (χ4n) is 1.09. The lowest BCUT2D eigenvalue weighted by Gasteiger charge is -2.12. The number of aromatic amines is 1. The van der Waals surface area contributed by atoms with Crippen LogP contribution >= 0.6 is 0 Å². The molecule has 0 aliphatic rings. The van der Waals surface area contributed by atoms with Gasteiger partial charge in [-0.3, -0.25) is 14.7 Å². The lowest BCUT2D eigenvalue weighted by atomic mass is 9.96. The second kappa shape index (κ2) is 5.16. The zero-order valence-electron chi connectivity index (χ0n) is 11.4. The molecule has 1 aromatic rings. The molecule has 100 valence electrons. The van der Waals surface area contributed by atoms with E-state index in [0.29, 0.717) is 5.82 Å². The van der Waals surface area contributed by atoms with Gasteiger partial charge < -0.3 is 10.2 Å². The SMILES string of the molecule is CN(C)C(=O)CNC(=O)c1n[nH]c(C(C)(C)C)n1. The lowest BCUT2D eigenvalue weighted by molar-refractivity contribution is -0.127. The number of hydrogen-bond acceptors (Lipinski definition) is 4. The van der Waals surface area contributed by atoms with Crippen LogP contribution in [-0.4, -0.2) is 52.5 Å². The molecule has 0 spiro atoms. The van der Waals surface area contributed by atoms with E-state index in [-0.39, 0.29) is 23.7 Å².